The molecule has 5 rings (SSSR count). The number of anilines is 1. The van der Waals surface area contributed by atoms with Crippen LogP contribution in [0.25, 0.3) is 28.5 Å². The van der Waals surface area contributed by atoms with Gasteiger partial charge in [0, 0.05) is 31.0 Å². The predicted octanol–water partition coefficient (Wildman–Crippen LogP) is 3.84. The van der Waals surface area contributed by atoms with Crippen molar-refractivity contribution in [3.05, 3.63) is 79.3 Å². The molecule has 0 aliphatic heterocycles. The molecule has 0 spiro atoms. The fraction of sp³-hybridized carbons (Fsp3) is 0.160. The molecule has 0 radical (unpaired) electrons. The summed E-state index contributed by atoms with van der Waals surface area (Å²) in [6.45, 7) is 0.741. The molecule has 0 unspecified atom stereocenters. The Morgan fingerprint density at radius 3 is 2.58 bits per heavy atom. The SMILES string of the molecule is COc1ccc(S(=O)(=O)NCCCNc2nccc(-c3c(-c4ccccc4)nc4occn34)n2)cc1. The molecule has 0 aliphatic rings. The third kappa shape index (κ3) is 4.92. The zero-order valence-electron chi connectivity index (χ0n) is 19.5. The molecule has 3 heterocycles. The van der Waals surface area contributed by atoms with Gasteiger partial charge in [0.2, 0.25) is 16.0 Å². The third-order valence-corrected chi connectivity index (χ3v) is 6.98. The Kier molecular flexibility index (Phi) is 6.65. The van der Waals surface area contributed by atoms with Gasteiger partial charge in [-0.25, -0.2) is 23.1 Å². The number of nitrogens with zero attached hydrogens (tertiary/aromatic N) is 4. The highest BCUT2D eigenvalue weighted by Gasteiger charge is 2.19. The highest BCUT2D eigenvalue weighted by Crippen LogP contribution is 2.32. The fourth-order valence-corrected chi connectivity index (χ4v) is 4.81. The summed E-state index contributed by atoms with van der Waals surface area (Å²) in [5.41, 5.74) is 3.18. The number of fused-ring (bicyclic) bond motifs is 1. The number of benzene rings is 2. The number of nitrogens with one attached hydrogen (secondary N) is 2. The second-order valence-corrected chi connectivity index (χ2v) is 9.62. The third-order valence-electron chi connectivity index (χ3n) is 5.51. The average molecular weight is 505 g/mol. The van der Waals surface area contributed by atoms with Crippen LogP contribution < -0.4 is 14.8 Å². The van der Waals surface area contributed by atoms with E-state index >= 15 is 0 Å². The smallest absolute Gasteiger partial charge is 0.306 e. The van der Waals surface area contributed by atoms with Gasteiger partial charge in [-0.05, 0) is 36.8 Å². The highest BCUT2D eigenvalue weighted by molar-refractivity contribution is 7.89. The molecule has 0 atom stereocenters. The number of ether oxygens (including phenoxy) is 1. The van der Waals surface area contributed by atoms with Gasteiger partial charge in [-0.15, -0.1) is 0 Å². The van der Waals surface area contributed by atoms with Crippen molar-refractivity contribution in [3.8, 4) is 28.4 Å². The van der Waals surface area contributed by atoms with Crippen molar-refractivity contribution in [1.29, 1.82) is 0 Å². The number of hydrogen-bond donors (Lipinski definition) is 2. The summed E-state index contributed by atoms with van der Waals surface area (Å²) in [4.78, 5) is 13.8. The monoisotopic (exact) mass is 504 g/mol. The first-order chi connectivity index (χ1) is 17.5. The molecule has 0 aliphatic carbocycles. The Morgan fingerprint density at radius 2 is 1.81 bits per heavy atom. The van der Waals surface area contributed by atoms with Crippen molar-refractivity contribution in [1.82, 2.24) is 24.1 Å². The zero-order chi connectivity index (χ0) is 25.0. The van der Waals surface area contributed by atoms with Crippen molar-refractivity contribution in [2.75, 3.05) is 25.5 Å². The van der Waals surface area contributed by atoms with Crippen molar-refractivity contribution in [3.63, 3.8) is 0 Å². The summed E-state index contributed by atoms with van der Waals surface area (Å²) in [5, 5.41) is 3.16. The Morgan fingerprint density at radius 1 is 1.00 bits per heavy atom. The van der Waals surface area contributed by atoms with E-state index in [1.54, 1.807) is 30.8 Å². The van der Waals surface area contributed by atoms with Crippen LogP contribution in [0.4, 0.5) is 5.95 Å². The molecular weight excluding hydrogens is 480 g/mol. The topological polar surface area (TPSA) is 124 Å². The second-order valence-electron chi connectivity index (χ2n) is 7.85. The molecule has 0 bridgehead atoms. The van der Waals surface area contributed by atoms with Crippen LogP contribution >= 0.6 is 0 Å². The standard InChI is InChI=1S/C25H24N6O4S/c1-34-19-8-10-20(11-9-19)36(32,33)28-14-5-13-26-24-27-15-12-21(29-24)23-22(18-6-3-2-4-7-18)30-25-31(23)16-17-35-25/h2-4,6-12,15-17,28H,5,13-14H2,1H3,(H,26,27,29). The summed E-state index contributed by atoms with van der Waals surface area (Å²) < 4.78 is 40.0. The molecule has 11 heteroatoms. The summed E-state index contributed by atoms with van der Waals surface area (Å²) in [6.07, 6.45) is 5.59. The lowest BCUT2D eigenvalue weighted by Gasteiger charge is -2.09. The summed E-state index contributed by atoms with van der Waals surface area (Å²) in [5.74, 6) is 1.50. The molecule has 5 aromatic rings. The van der Waals surface area contributed by atoms with Gasteiger partial charge < -0.3 is 14.5 Å². The van der Waals surface area contributed by atoms with Crippen LogP contribution in [0.2, 0.25) is 0 Å². The molecule has 36 heavy (non-hydrogen) atoms. The van der Waals surface area contributed by atoms with Gasteiger partial charge in [0.05, 0.1) is 17.7 Å². The molecular formula is C25H24N6O4S. The second kappa shape index (κ2) is 10.2. The van der Waals surface area contributed by atoms with E-state index in [0.717, 1.165) is 17.0 Å². The molecule has 0 fully saturated rings. The zero-order valence-corrected chi connectivity index (χ0v) is 20.3. The minimum Gasteiger partial charge on any atom is -0.497 e. The molecule has 0 saturated carbocycles. The van der Waals surface area contributed by atoms with E-state index in [4.69, 9.17) is 9.15 Å². The number of oxazole rings is 1. The first kappa shape index (κ1) is 23.5. The minimum atomic E-state index is -3.60. The Bertz CT molecular complexity index is 1560. The molecule has 0 saturated heterocycles. The first-order valence-electron chi connectivity index (χ1n) is 11.3. The molecule has 184 valence electrons. The van der Waals surface area contributed by atoms with E-state index in [1.165, 1.54) is 19.2 Å². The minimum absolute atomic E-state index is 0.188. The number of methoxy groups -OCH3 is 1. The number of aromatic nitrogens is 4. The average Bonchev–Trinajstić information content (AvgIpc) is 3.51. The van der Waals surface area contributed by atoms with Gasteiger partial charge in [0.25, 0.3) is 0 Å². The van der Waals surface area contributed by atoms with Crippen LogP contribution in [0.5, 0.6) is 5.75 Å². The molecule has 10 nitrogen and oxygen atoms in total. The number of sulfonamides is 1. The fourth-order valence-electron chi connectivity index (χ4n) is 3.74. The van der Waals surface area contributed by atoms with Gasteiger partial charge in [-0.3, -0.25) is 4.40 Å². The van der Waals surface area contributed by atoms with Gasteiger partial charge >= 0.3 is 5.84 Å². The first-order valence-corrected chi connectivity index (χ1v) is 12.8. The van der Waals surface area contributed by atoms with Gasteiger partial charge in [-0.2, -0.15) is 4.98 Å². The Labute approximate surface area is 208 Å². The quantitative estimate of drug-likeness (QED) is 0.275. The van der Waals surface area contributed by atoms with E-state index in [-0.39, 0.29) is 11.4 Å². The largest absolute Gasteiger partial charge is 0.497 e. The van der Waals surface area contributed by atoms with Crippen LogP contribution in [0.1, 0.15) is 6.42 Å². The normalized spacial score (nSPS) is 11.6. The van der Waals surface area contributed by atoms with Crippen LogP contribution in [-0.2, 0) is 10.0 Å². The highest BCUT2D eigenvalue weighted by atomic mass is 32.2. The van der Waals surface area contributed by atoms with Crippen molar-refractivity contribution < 1.29 is 17.6 Å². The van der Waals surface area contributed by atoms with Gasteiger partial charge in [0.1, 0.15) is 23.4 Å². The predicted molar refractivity (Wildman–Crippen MR) is 135 cm³/mol. The molecule has 0 amide bonds. The van der Waals surface area contributed by atoms with E-state index in [0.29, 0.717) is 36.2 Å². The maximum atomic E-state index is 12.5. The molecule has 3 aromatic heterocycles. The number of rotatable bonds is 10. The molecule has 2 N–H and O–H groups in total. The molecule has 2 aromatic carbocycles. The van der Waals surface area contributed by atoms with Gasteiger partial charge in [-0.1, -0.05) is 30.3 Å². The van der Waals surface area contributed by atoms with Crippen molar-refractivity contribution in [2.45, 2.75) is 11.3 Å². The summed E-state index contributed by atoms with van der Waals surface area (Å²) in [7, 11) is -2.06. The number of hydrogen-bond acceptors (Lipinski definition) is 8. The number of imidazole rings is 1. The van der Waals surface area contributed by atoms with Crippen molar-refractivity contribution >= 4 is 21.8 Å². The lowest BCUT2D eigenvalue weighted by Crippen LogP contribution is -2.26. The summed E-state index contributed by atoms with van der Waals surface area (Å²) in [6, 6.07) is 17.9. The van der Waals surface area contributed by atoms with Gasteiger partial charge in [0.15, 0.2) is 0 Å². The van der Waals surface area contributed by atoms with Crippen LogP contribution in [0.3, 0.4) is 0 Å². The Balaban J connectivity index is 1.25. The van der Waals surface area contributed by atoms with E-state index in [1.807, 2.05) is 40.8 Å². The van der Waals surface area contributed by atoms with Crippen LogP contribution in [0.15, 0.2) is 88.6 Å². The maximum absolute atomic E-state index is 12.5. The Hall–Kier alpha value is -4.22. The van der Waals surface area contributed by atoms with Crippen molar-refractivity contribution in [2.24, 2.45) is 0 Å². The maximum Gasteiger partial charge on any atom is 0.306 e. The summed E-state index contributed by atoms with van der Waals surface area (Å²) >= 11 is 0. The lowest BCUT2D eigenvalue weighted by molar-refractivity contribution is 0.414. The van der Waals surface area contributed by atoms with E-state index in [2.05, 4.69) is 25.0 Å². The van der Waals surface area contributed by atoms with E-state index < -0.39 is 10.0 Å². The van der Waals surface area contributed by atoms with E-state index in [9.17, 15) is 8.42 Å². The van der Waals surface area contributed by atoms with Crippen LogP contribution in [0, 0.1) is 0 Å². The van der Waals surface area contributed by atoms with Crippen LogP contribution in [-0.4, -0.2) is 48.0 Å². The lowest BCUT2D eigenvalue weighted by atomic mass is 10.1.